The van der Waals surface area contributed by atoms with Crippen molar-refractivity contribution in [3.63, 3.8) is 0 Å². The quantitative estimate of drug-likeness (QED) is 0.673. The largest absolute Gasteiger partial charge is 0.497 e. The van der Waals surface area contributed by atoms with E-state index in [9.17, 15) is 13.2 Å². The fourth-order valence-electron chi connectivity index (χ4n) is 2.89. The van der Waals surface area contributed by atoms with E-state index in [-0.39, 0.29) is 12.2 Å². The lowest BCUT2D eigenvalue weighted by molar-refractivity contribution is 0.163. The number of benzene rings is 2. The van der Waals surface area contributed by atoms with Gasteiger partial charge in [0.15, 0.2) is 0 Å². The number of methoxy groups -OCH3 is 2. The fraction of sp³-hybridized carbons (Fsp3) is 0.211. The molecule has 1 aliphatic rings. The van der Waals surface area contributed by atoms with E-state index in [1.165, 1.54) is 7.11 Å². The standard InChI is InChI=1S/C19H18ClNO6S/c1-25-15-7-3-13(4-8-15)17-11-12-18(14-5-9-16(26-2)10-6-14)27-19(22)21(17)28(20,23)24/h3-10,12,17H,11H2,1-2H3. The maximum atomic E-state index is 12.6. The molecule has 0 radical (unpaired) electrons. The molecule has 1 aliphatic heterocycles. The van der Waals surface area contributed by atoms with E-state index < -0.39 is 21.4 Å². The zero-order chi connectivity index (χ0) is 20.3. The first-order valence-electron chi connectivity index (χ1n) is 8.28. The normalized spacial score (nSPS) is 17.4. The number of hydrogen-bond donors (Lipinski definition) is 0. The lowest BCUT2D eigenvalue weighted by Gasteiger charge is -2.25. The average Bonchev–Trinajstić information content (AvgIpc) is 2.87. The minimum Gasteiger partial charge on any atom is -0.497 e. The zero-order valence-electron chi connectivity index (χ0n) is 15.2. The zero-order valence-corrected chi connectivity index (χ0v) is 16.7. The van der Waals surface area contributed by atoms with Gasteiger partial charge in [0.1, 0.15) is 17.3 Å². The first-order chi connectivity index (χ1) is 13.3. The van der Waals surface area contributed by atoms with Crippen molar-refractivity contribution in [1.82, 2.24) is 4.31 Å². The van der Waals surface area contributed by atoms with Gasteiger partial charge in [-0.2, -0.15) is 12.7 Å². The Balaban J connectivity index is 2.00. The Kier molecular flexibility index (Phi) is 5.81. The smallest absolute Gasteiger partial charge is 0.430 e. The summed E-state index contributed by atoms with van der Waals surface area (Å²) in [7, 11) is 4.24. The molecule has 1 heterocycles. The molecule has 0 aromatic heterocycles. The molecule has 0 saturated heterocycles. The van der Waals surface area contributed by atoms with Crippen molar-refractivity contribution in [3.8, 4) is 11.5 Å². The second kappa shape index (κ2) is 8.12. The summed E-state index contributed by atoms with van der Waals surface area (Å²) >= 11 is 0. The molecule has 148 valence electrons. The number of ether oxygens (including phenoxy) is 3. The monoisotopic (exact) mass is 423 g/mol. The topological polar surface area (TPSA) is 82.1 Å². The molecule has 0 N–H and O–H groups in total. The summed E-state index contributed by atoms with van der Waals surface area (Å²) in [5.41, 5.74) is 1.19. The van der Waals surface area contributed by atoms with Crippen LogP contribution in [0.1, 0.15) is 23.6 Å². The molecule has 3 rings (SSSR count). The van der Waals surface area contributed by atoms with Crippen LogP contribution in [0.4, 0.5) is 4.79 Å². The molecule has 9 heteroatoms. The molecule has 0 spiro atoms. The maximum absolute atomic E-state index is 12.6. The van der Waals surface area contributed by atoms with Crippen LogP contribution in [0.25, 0.3) is 5.76 Å². The van der Waals surface area contributed by atoms with Crippen molar-refractivity contribution in [2.75, 3.05) is 14.2 Å². The summed E-state index contributed by atoms with van der Waals surface area (Å²) in [4.78, 5) is 12.6. The molecule has 0 fully saturated rings. The van der Waals surface area contributed by atoms with Gasteiger partial charge in [-0.1, -0.05) is 12.1 Å². The summed E-state index contributed by atoms with van der Waals surface area (Å²) in [5, 5.41) is 0. The lowest BCUT2D eigenvalue weighted by atomic mass is 10.0. The Bertz CT molecular complexity index is 986. The highest BCUT2D eigenvalue weighted by molar-refractivity contribution is 8.12. The van der Waals surface area contributed by atoms with Crippen LogP contribution in [0.5, 0.6) is 11.5 Å². The van der Waals surface area contributed by atoms with Crippen molar-refractivity contribution in [1.29, 1.82) is 0 Å². The Morgan fingerprint density at radius 3 is 2.04 bits per heavy atom. The number of cyclic esters (lactones) is 1. The third kappa shape index (κ3) is 4.23. The van der Waals surface area contributed by atoms with E-state index >= 15 is 0 Å². The van der Waals surface area contributed by atoms with Gasteiger partial charge < -0.3 is 14.2 Å². The van der Waals surface area contributed by atoms with Gasteiger partial charge in [-0.05, 0) is 54.5 Å². The first-order valence-corrected chi connectivity index (χ1v) is 10.5. The highest BCUT2D eigenvalue weighted by Crippen LogP contribution is 2.36. The van der Waals surface area contributed by atoms with Crippen molar-refractivity contribution in [3.05, 3.63) is 65.7 Å². The van der Waals surface area contributed by atoms with Crippen molar-refractivity contribution in [2.24, 2.45) is 0 Å². The second-order valence-corrected chi connectivity index (χ2v) is 8.31. The van der Waals surface area contributed by atoms with Crippen LogP contribution in [0.2, 0.25) is 0 Å². The molecule has 1 amide bonds. The molecule has 1 unspecified atom stereocenters. The van der Waals surface area contributed by atoms with E-state index in [1.807, 2.05) is 0 Å². The van der Waals surface area contributed by atoms with E-state index in [0.29, 0.717) is 26.9 Å². The van der Waals surface area contributed by atoms with Gasteiger partial charge in [0.2, 0.25) is 0 Å². The molecule has 7 nitrogen and oxygen atoms in total. The Hall–Kier alpha value is -2.71. The van der Waals surface area contributed by atoms with Crippen molar-refractivity contribution < 1.29 is 27.4 Å². The molecule has 0 saturated carbocycles. The SMILES string of the molecule is COc1ccc(C2=CCC(c3ccc(OC)cc3)N(S(=O)(=O)Cl)C(=O)O2)cc1. The van der Waals surface area contributed by atoms with Crippen molar-refractivity contribution >= 4 is 31.8 Å². The van der Waals surface area contributed by atoms with Crippen LogP contribution in [0, 0.1) is 0 Å². The number of hydrogen-bond acceptors (Lipinski definition) is 6. The molecular weight excluding hydrogens is 406 g/mol. The van der Waals surface area contributed by atoms with Gasteiger partial charge in [0.25, 0.3) is 0 Å². The molecule has 2 aromatic rings. The van der Waals surface area contributed by atoms with Crippen LogP contribution in [-0.2, 0) is 14.0 Å². The van der Waals surface area contributed by atoms with Gasteiger partial charge in [0.05, 0.1) is 20.3 Å². The van der Waals surface area contributed by atoms with Crippen molar-refractivity contribution in [2.45, 2.75) is 12.5 Å². The molecule has 1 atom stereocenters. The van der Waals surface area contributed by atoms with E-state index in [4.69, 9.17) is 24.9 Å². The Morgan fingerprint density at radius 1 is 1.00 bits per heavy atom. The summed E-state index contributed by atoms with van der Waals surface area (Å²) < 4.78 is 40.3. The maximum Gasteiger partial charge on any atom is 0.430 e. The molecule has 28 heavy (non-hydrogen) atoms. The predicted molar refractivity (Wildman–Crippen MR) is 104 cm³/mol. The van der Waals surface area contributed by atoms with Crippen LogP contribution >= 0.6 is 10.7 Å². The highest BCUT2D eigenvalue weighted by Gasteiger charge is 2.38. The van der Waals surface area contributed by atoms with E-state index in [1.54, 1.807) is 61.7 Å². The summed E-state index contributed by atoms with van der Waals surface area (Å²) in [6.07, 6.45) is 0.776. The van der Waals surface area contributed by atoms with Gasteiger partial charge >= 0.3 is 15.3 Å². The third-order valence-corrected chi connectivity index (χ3v) is 5.62. The number of carbonyl (C=O) groups excluding carboxylic acids is 1. The minimum absolute atomic E-state index is 0.186. The Morgan fingerprint density at radius 2 is 1.54 bits per heavy atom. The molecular formula is C19H18ClNO6S. The van der Waals surface area contributed by atoms with Gasteiger partial charge in [-0.15, -0.1) is 0 Å². The van der Waals surface area contributed by atoms with Crippen LogP contribution in [0.15, 0.2) is 54.6 Å². The summed E-state index contributed by atoms with van der Waals surface area (Å²) in [6.45, 7) is 0. The molecule has 0 aliphatic carbocycles. The molecule has 2 aromatic carbocycles. The van der Waals surface area contributed by atoms with E-state index in [2.05, 4.69) is 0 Å². The highest BCUT2D eigenvalue weighted by atomic mass is 35.7. The average molecular weight is 424 g/mol. The van der Waals surface area contributed by atoms with Crippen LogP contribution in [0.3, 0.4) is 0 Å². The number of halogens is 1. The van der Waals surface area contributed by atoms with Crippen LogP contribution in [-0.4, -0.2) is 33.0 Å². The number of rotatable bonds is 5. The van der Waals surface area contributed by atoms with E-state index in [0.717, 1.165) is 0 Å². The summed E-state index contributed by atoms with van der Waals surface area (Å²) in [5.74, 6) is 1.49. The van der Waals surface area contributed by atoms with Gasteiger partial charge in [0, 0.05) is 16.2 Å². The van der Waals surface area contributed by atoms with Gasteiger partial charge in [-0.25, -0.2) is 4.79 Å². The molecule has 0 bridgehead atoms. The van der Waals surface area contributed by atoms with Gasteiger partial charge in [-0.3, -0.25) is 0 Å². The number of nitrogens with zero attached hydrogens (tertiary/aromatic N) is 1. The number of amides is 1. The third-order valence-electron chi connectivity index (χ3n) is 4.30. The second-order valence-electron chi connectivity index (χ2n) is 5.93. The Labute approximate surface area is 167 Å². The first kappa shape index (κ1) is 20.0. The minimum atomic E-state index is -4.38. The van der Waals surface area contributed by atoms with Crippen LogP contribution < -0.4 is 9.47 Å². The summed E-state index contributed by atoms with van der Waals surface area (Å²) in [6, 6.07) is 12.7. The lowest BCUT2D eigenvalue weighted by Crippen LogP contribution is -2.36. The fourth-order valence-corrected chi connectivity index (χ4v) is 4.08. The number of carbonyl (C=O) groups is 1. The predicted octanol–water partition coefficient (Wildman–Crippen LogP) is 4.11.